The van der Waals surface area contributed by atoms with Gasteiger partial charge in [0.1, 0.15) is 11.9 Å². The number of amides is 2. The molecule has 4 rings (SSSR count). The van der Waals surface area contributed by atoms with Gasteiger partial charge in [0, 0.05) is 11.8 Å². The average molecular weight is 494 g/mol. The maximum absolute atomic E-state index is 13.2. The minimum Gasteiger partial charge on any atom is -0.385 e. The number of aromatic nitrogens is 3. The van der Waals surface area contributed by atoms with Crippen molar-refractivity contribution < 1.29 is 27.6 Å². The van der Waals surface area contributed by atoms with E-state index < -0.39 is 35.4 Å². The molecule has 13 heteroatoms. The number of benzene rings is 2. The number of aliphatic hydroxyl groups excluding tert-OH is 1. The molecular weight excluding hydrogens is 479 g/mol. The van der Waals surface area contributed by atoms with Gasteiger partial charge >= 0.3 is 12.2 Å². The predicted molar refractivity (Wildman–Crippen MR) is 117 cm³/mol. The number of alkyl halides is 3. The van der Waals surface area contributed by atoms with Gasteiger partial charge in [-0.05, 0) is 37.3 Å². The molecule has 0 fully saturated rings. The lowest BCUT2D eigenvalue weighted by Crippen LogP contribution is -2.25. The molecule has 0 aliphatic rings. The predicted octanol–water partition coefficient (Wildman–Crippen LogP) is 4.74. The van der Waals surface area contributed by atoms with E-state index in [9.17, 15) is 27.9 Å². The molecule has 2 amide bonds. The maximum Gasteiger partial charge on any atom is 0.436 e. The van der Waals surface area contributed by atoms with Gasteiger partial charge in [0.15, 0.2) is 5.69 Å². The van der Waals surface area contributed by atoms with Crippen molar-refractivity contribution in [1.82, 2.24) is 14.7 Å². The molecule has 0 aliphatic carbocycles. The van der Waals surface area contributed by atoms with Crippen LogP contribution in [0.2, 0.25) is 5.02 Å². The number of halogens is 4. The van der Waals surface area contributed by atoms with Crippen LogP contribution in [0.15, 0.2) is 57.8 Å². The minimum absolute atomic E-state index is 0.0442. The maximum atomic E-state index is 13.2. The lowest BCUT2D eigenvalue weighted by atomic mass is 10.2. The van der Waals surface area contributed by atoms with Crippen LogP contribution in [0.3, 0.4) is 0 Å². The Morgan fingerprint density at radius 2 is 1.91 bits per heavy atom. The molecular formula is C21H15ClF3N5O4. The van der Waals surface area contributed by atoms with Gasteiger partial charge in [0.05, 0.1) is 21.6 Å². The van der Waals surface area contributed by atoms with Crippen molar-refractivity contribution in [2.24, 2.45) is 0 Å². The van der Waals surface area contributed by atoms with Gasteiger partial charge < -0.3 is 14.9 Å². The van der Waals surface area contributed by atoms with E-state index in [1.165, 1.54) is 31.2 Å². The molecule has 3 N–H and O–H groups in total. The summed E-state index contributed by atoms with van der Waals surface area (Å²) < 4.78 is 43.5. The number of urea groups is 1. The standard InChI is InChI=1S/C21H15ClF3N5O4/c1-10(31)18-27-14-7-3-6-13(22)17(14)19(32)30(18)12-5-2-4-11(8-12)26-20(33)28-16-9-15(29-34-16)21(23,24)25/h2-10,31H,1H3,(H2,26,28,33). The number of carbonyl (C=O) groups excluding carboxylic acids is 1. The first-order chi connectivity index (χ1) is 16.0. The topological polar surface area (TPSA) is 122 Å². The summed E-state index contributed by atoms with van der Waals surface area (Å²) in [5.74, 6) is -0.468. The van der Waals surface area contributed by atoms with E-state index in [0.29, 0.717) is 11.6 Å². The number of hydrogen-bond acceptors (Lipinski definition) is 6. The van der Waals surface area contributed by atoms with Crippen molar-refractivity contribution in [2.75, 3.05) is 10.6 Å². The number of carbonyl (C=O) groups is 1. The highest BCUT2D eigenvalue weighted by Crippen LogP contribution is 2.30. The van der Waals surface area contributed by atoms with Crippen molar-refractivity contribution in [3.8, 4) is 5.69 Å². The van der Waals surface area contributed by atoms with Gasteiger partial charge in [0.25, 0.3) is 5.56 Å². The van der Waals surface area contributed by atoms with Gasteiger partial charge in [-0.3, -0.25) is 14.7 Å². The molecule has 176 valence electrons. The molecule has 0 aliphatic heterocycles. The summed E-state index contributed by atoms with van der Waals surface area (Å²) in [6, 6.07) is 10.4. The summed E-state index contributed by atoms with van der Waals surface area (Å²) in [6.45, 7) is 1.44. The first kappa shape index (κ1) is 23.3. The molecule has 0 saturated heterocycles. The lowest BCUT2D eigenvalue weighted by molar-refractivity contribution is -0.142. The molecule has 34 heavy (non-hydrogen) atoms. The first-order valence-corrected chi connectivity index (χ1v) is 10.0. The Balaban J connectivity index is 1.66. The summed E-state index contributed by atoms with van der Waals surface area (Å²) in [5.41, 5.74) is -1.07. The minimum atomic E-state index is -4.72. The van der Waals surface area contributed by atoms with Gasteiger partial charge in [-0.15, -0.1) is 0 Å². The van der Waals surface area contributed by atoms with Crippen molar-refractivity contribution in [1.29, 1.82) is 0 Å². The molecule has 9 nitrogen and oxygen atoms in total. The third kappa shape index (κ3) is 4.58. The average Bonchev–Trinajstić information content (AvgIpc) is 3.22. The SMILES string of the molecule is CC(O)c1nc2cccc(Cl)c2c(=O)n1-c1cccc(NC(=O)Nc2cc(C(F)(F)F)no2)c1. The van der Waals surface area contributed by atoms with Crippen molar-refractivity contribution in [2.45, 2.75) is 19.2 Å². The number of hydrogen-bond donors (Lipinski definition) is 3. The highest BCUT2D eigenvalue weighted by Gasteiger charge is 2.35. The summed E-state index contributed by atoms with van der Waals surface area (Å²) in [5, 5.41) is 17.9. The van der Waals surface area contributed by atoms with Crippen LogP contribution in [0.4, 0.5) is 29.5 Å². The Hall–Kier alpha value is -3.90. The van der Waals surface area contributed by atoms with E-state index in [2.05, 4.69) is 25.3 Å². The number of nitrogens with one attached hydrogen (secondary N) is 2. The number of nitrogens with zero attached hydrogens (tertiary/aromatic N) is 3. The zero-order chi connectivity index (χ0) is 24.6. The van der Waals surface area contributed by atoms with Gasteiger partial charge in [-0.2, -0.15) is 13.2 Å². The molecule has 0 bridgehead atoms. The number of aliphatic hydroxyl groups is 1. The summed E-state index contributed by atoms with van der Waals surface area (Å²) >= 11 is 6.20. The normalized spacial score (nSPS) is 12.5. The number of anilines is 2. The van der Waals surface area contributed by atoms with Crippen LogP contribution in [0.1, 0.15) is 24.5 Å². The Morgan fingerprint density at radius 3 is 2.59 bits per heavy atom. The molecule has 0 spiro atoms. The fourth-order valence-electron chi connectivity index (χ4n) is 3.20. The second-order valence-electron chi connectivity index (χ2n) is 7.12. The van der Waals surface area contributed by atoms with Crippen molar-refractivity contribution in [3.63, 3.8) is 0 Å². The van der Waals surface area contributed by atoms with Crippen LogP contribution >= 0.6 is 11.6 Å². The Kier molecular flexibility index (Phi) is 6.02. The van der Waals surface area contributed by atoms with Crippen LogP contribution in [0.25, 0.3) is 16.6 Å². The molecule has 1 atom stereocenters. The first-order valence-electron chi connectivity index (χ1n) is 9.66. The quantitative estimate of drug-likeness (QED) is 0.377. The van der Waals surface area contributed by atoms with E-state index in [1.807, 2.05) is 0 Å². The van der Waals surface area contributed by atoms with Crippen molar-refractivity contribution in [3.05, 3.63) is 75.4 Å². The van der Waals surface area contributed by atoms with E-state index in [1.54, 1.807) is 18.2 Å². The van der Waals surface area contributed by atoms with E-state index in [0.717, 1.165) is 4.57 Å². The number of fused-ring (bicyclic) bond motifs is 1. The second kappa shape index (κ2) is 8.80. The third-order valence-electron chi connectivity index (χ3n) is 4.65. The molecule has 2 heterocycles. The summed E-state index contributed by atoms with van der Waals surface area (Å²) in [4.78, 5) is 29.8. The summed E-state index contributed by atoms with van der Waals surface area (Å²) in [6.07, 6.45) is -5.84. The van der Waals surface area contributed by atoms with Crippen LogP contribution < -0.4 is 16.2 Å². The zero-order valence-electron chi connectivity index (χ0n) is 17.2. The molecule has 2 aromatic heterocycles. The van der Waals surface area contributed by atoms with Gasteiger partial charge in [0.2, 0.25) is 5.88 Å². The van der Waals surface area contributed by atoms with Crippen LogP contribution in [0, 0.1) is 0 Å². The molecule has 0 saturated carbocycles. The smallest absolute Gasteiger partial charge is 0.385 e. The van der Waals surface area contributed by atoms with Crippen LogP contribution in [-0.2, 0) is 6.18 Å². The molecule has 2 aromatic carbocycles. The van der Waals surface area contributed by atoms with Crippen molar-refractivity contribution >= 4 is 40.1 Å². The molecule has 4 aromatic rings. The lowest BCUT2D eigenvalue weighted by Gasteiger charge is -2.16. The van der Waals surface area contributed by atoms with E-state index in [-0.39, 0.29) is 27.6 Å². The van der Waals surface area contributed by atoms with E-state index in [4.69, 9.17) is 11.6 Å². The third-order valence-corrected chi connectivity index (χ3v) is 4.96. The Morgan fingerprint density at radius 1 is 1.18 bits per heavy atom. The largest absolute Gasteiger partial charge is 0.436 e. The monoisotopic (exact) mass is 493 g/mol. The van der Waals surface area contributed by atoms with Crippen LogP contribution in [0.5, 0.6) is 0 Å². The molecule has 0 radical (unpaired) electrons. The summed E-state index contributed by atoms with van der Waals surface area (Å²) in [7, 11) is 0. The number of rotatable bonds is 4. The Bertz CT molecular complexity index is 1450. The van der Waals surface area contributed by atoms with Crippen LogP contribution in [-0.4, -0.2) is 25.8 Å². The highest BCUT2D eigenvalue weighted by molar-refractivity contribution is 6.35. The fourth-order valence-corrected chi connectivity index (χ4v) is 3.45. The van der Waals surface area contributed by atoms with E-state index >= 15 is 0 Å². The zero-order valence-corrected chi connectivity index (χ0v) is 18.0. The highest BCUT2D eigenvalue weighted by atomic mass is 35.5. The second-order valence-corrected chi connectivity index (χ2v) is 7.53. The fraction of sp³-hybridized carbons (Fsp3) is 0.143. The van der Waals surface area contributed by atoms with Gasteiger partial charge in [-0.25, -0.2) is 9.78 Å². The molecule has 1 unspecified atom stereocenters. The van der Waals surface area contributed by atoms with Gasteiger partial charge in [-0.1, -0.05) is 28.9 Å². The Labute approximate surface area is 193 Å².